The second-order valence-electron chi connectivity index (χ2n) is 7.18. The highest BCUT2D eigenvalue weighted by molar-refractivity contribution is 6.09. The molecule has 0 aromatic carbocycles. The number of hydrogen-bond acceptors (Lipinski definition) is 4. The monoisotopic (exact) mass is 336 g/mol. The van der Waals surface area contributed by atoms with E-state index in [2.05, 4.69) is 10.6 Å². The average Bonchev–Trinajstić information content (AvgIpc) is 3.14. The molecule has 2 aliphatic heterocycles. The van der Waals surface area contributed by atoms with Crippen molar-refractivity contribution in [1.82, 2.24) is 20.4 Å². The van der Waals surface area contributed by atoms with E-state index in [0.29, 0.717) is 19.4 Å². The second kappa shape index (κ2) is 7.09. The molecular formula is C17H28N4O3. The van der Waals surface area contributed by atoms with Crippen molar-refractivity contribution in [3.8, 4) is 0 Å². The molecule has 0 radical (unpaired) electrons. The molecule has 3 fully saturated rings. The Morgan fingerprint density at radius 1 is 1.25 bits per heavy atom. The number of urea groups is 1. The van der Waals surface area contributed by atoms with E-state index in [1.807, 2.05) is 11.8 Å². The van der Waals surface area contributed by atoms with E-state index in [9.17, 15) is 14.4 Å². The van der Waals surface area contributed by atoms with Gasteiger partial charge < -0.3 is 15.5 Å². The molecule has 1 spiro atoms. The van der Waals surface area contributed by atoms with Crippen LogP contribution in [0.5, 0.6) is 0 Å². The predicted octanol–water partition coefficient (Wildman–Crippen LogP) is 0.842. The van der Waals surface area contributed by atoms with Gasteiger partial charge in [-0.1, -0.05) is 19.8 Å². The molecule has 2 saturated heterocycles. The Morgan fingerprint density at radius 2 is 1.92 bits per heavy atom. The first-order chi connectivity index (χ1) is 11.6. The molecule has 0 aromatic heterocycles. The quantitative estimate of drug-likeness (QED) is 0.729. The minimum Gasteiger partial charge on any atom is -0.338 e. The standard InChI is InChI=1S/C17H28N4O3/c1-2-11-20(13-5-9-18-10-6-13)14(22)12-21-15(23)17(19-16(21)24)7-3-4-8-17/h13,18H,2-12H2,1H3,(H,19,24). The van der Waals surface area contributed by atoms with E-state index < -0.39 is 11.6 Å². The summed E-state index contributed by atoms with van der Waals surface area (Å²) in [5.74, 6) is -0.317. The molecule has 24 heavy (non-hydrogen) atoms. The lowest BCUT2D eigenvalue weighted by atomic mass is 9.98. The van der Waals surface area contributed by atoms with E-state index in [1.165, 1.54) is 0 Å². The summed E-state index contributed by atoms with van der Waals surface area (Å²) in [6.07, 6.45) is 6.01. The van der Waals surface area contributed by atoms with Crippen LogP contribution in [0, 0.1) is 0 Å². The third-order valence-corrected chi connectivity index (χ3v) is 5.53. The van der Waals surface area contributed by atoms with Gasteiger partial charge in [-0.05, 0) is 45.2 Å². The van der Waals surface area contributed by atoms with Crippen LogP contribution < -0.4 is 10.6 Å². The van der Waals surface area contributed by atoms with Crippen molar-refractivity contribution in [2.75, 3.05) is 26.2 Å². The number of nitrogens with zero attached hydrogens (tertiary/aromatic N) is 2. The highest BCUT2D eigenvalue weighted by Gasteiger charge is 2.53. The first-order valence-electron chi connectivity index (χ1n) is 9.22. The van der Waals surface area contributed by atoms with Gasteiger partial charge in [0.25, 0.3) is 5.91 Å². The zero-order valence-corrected chi connectivity index (χ0v) is 14.5. The molecule has 4 amide bonds. The van der Waals surface area contributed by atoms with Gasteiger partial charge in [0.1, 0.15) is 12.1 Å². The molecule has 3 aliphatic rings. The molecule has 2 heterocycles. The molecule has 7 heteroatoms. The zero-order valence-electron chi connectivity index (χ0n) is 14.5. The highest BCUT2D eigenvalue weighted by atomic mass is 16.2. The van der Waals surface area contributed by atoms with Gasteiger partial charge in [0.05, 0.1) is 0 Å². The lowest BCUT2D eigenvalue weighted by Crippen LogP contribution is -2.51. The maximum atomic E-state index is 12.8. The van der Waals surface area contributed by atoms with E-state index in [-0.39, 0.29) is 24.4 Å². The van der Waals surface area contributed by atoms with Crippen LogP contribution in [0.1, 0.15) is 51.9 Å². The molecule has 0 unspecified atom stereocenters. The maximum absolute atomic E-state index is 12.8. The minimum absolute atomic E-state index is 0.109. The highest BCUT2D eigenvalue weighted by Crippen LogP contribution is 2.35. The van der Waals surface area contributed by atoms with Crippen LogP contribution in [0.3, 0.4) is 0 Å². The van der Waals surface area contributed by atoms with E-state index >= 15 is 0 Å². The summed E-state index contributed by atoms with van der Waals surface area (Å²) in [5, 5.41) is 6.15. The number of carbonyl (C=O) groups is 3. The van der Waals surface area contributed by atoms with Gasteiger partial charge in [-0.15, -0.1) is 0 Å². The summed E-state index contributed by atoms with van der Waals surface area (Å²) in [5.41, 5.74) is -0.734. The maximum Gasteiger partial charge on any atom is 0.325 e. The topological polar surface area (TPSA) is 81.8 Å². The second-order valence-corrected chi connectivity index (χ2v) is 7.18. The van der Waals surface area contributed by atoms with Crippen LogP contribution in [0.4, 0.5) is 4.79 Å². The normalized spacial score (nSPS) is 23.8. The summed E-state index contributed by atoms with van der Waals surface area (Å²) >= 11 is 0. The van der Waals surface area contributed by atoms with Crippen molar-refractivity contribution in [3.63, 3.8) is 0 Å². The summed E-state index contributed by atoms with van der Waals surface area (Å²) in [6.45, 7) is 4.41. The van der Waals surface area contributed by atoms with Crippen molar-refractivity contribution in [2.45, 2.75) is 63.5 Å². The van der Waals surface area contributed by atoms with Crippen molar-refractivity contribution < 1.29 is 14.4 Å². The van der Waals surface area contributed by atoms with Gasteiger partial charge in [-0.3, -0.25) is 14.5 Å². The Morgan fingerprint density at radius 3 is 2.54 bits per heavy atom. The fraction of sp³-hybridized carbons (Fsp3) is 0.824. The number of piperidine rings is 1. The summed E-state index contributed by atoms with van der Waals surface area (Å²) < 4.78 is 0. The number of hydrogen-bond donors (Lipinski definition) is 2. The Hall–Kier alpha value is -1.63. The van der Waals surface area contributed by atoms with Gasteiger partial charge in [-0.2, -0.15) is 0 Å². The Balaban J connectivity index is 1.67. The van der Waals surface area contributed by atoms with E-state index in [1.54, 1.807) is 0 Å². The Labute approximate surface area is 143 Å². The predicted molar refractivity (Wildman–Crippen MR) is 89.3 cm³/mol. The largest absolute Gasteiger partial charge is 0.338 e. The fourth-order valence-electron chi connectivity index (χ4n) is 4.23. The molecule has 0 aromatic rings. The van der Waals surface area contributed by atoms with Crippen LogP contribution in [0.25, 0.3) is 0 Å². The minimum atomic E-state index is -0.734. The molecule has 2 N–H and O–H groups in total. The third-order valence-electron chi connectivity index (χ3n) is 5.53. The number of amides is 4. The summed E-state index contributed by atoms with van der Waals surface area (Å²) in [7, 11) is 0. The number of rotatable bonds is 5. The number of carbonyl (C=O) groups excluding carboxylic acids is 3. The Kier molecular flexibility index (Phi) is 5.08. The van der Waals surface area contributed by atoms with Crippen LogP contribution in [-0.2, 0) is 9.59 Å². The van der Waals surface area contributed by atoms with Crippen LogP contribution >= 0.6 is 0 Å². The van der Waals surface area contributed by atoms with Crippen LogP contribution in [-0.4, -0.2) is 65.4 Å². The van der Waals surface area contributed by atoms with Crippen molar-refractivity contribution in [2.24, 2.45) is 0 Å². The molecule has 0 bridgehead atoms. The zero-order chi connectivity index (χ0) is 17.2. The number of nitrogens with one attached hydrogen (secondary N) is 2. The lowest BCUT2D eigenvalue weighted by Gasteiger charge is -2.35. The molecule has 0 atom stereocenters. The smallest absolute Gasteiger partial charge is 0.325 e. The van der Waals surface area contributed by atoms with Crippen molar-refractivity contribution >= 4 is 17.8 Å². The molecule has 1 saturated carbocycles. The summed E-state index contributed by atoms with van der Waals surface area (Å²) in [4.78, 5) is 40.8. The molecule has 1 aliphatic carbocycles. The Bertz CT molecular complexity index is 510. The lowest BCUT2D eigenvalue weighted by molar-refractivity contribution is -0.140. The van der Waals surface area contributed by atoms with Gasteiger partial charge in [0.15, 0.2) is 0 Å². The third kappa shape index (κ3) is 3.14. The fourth-order valence-corrected chi connectivity index (χ4v) is 4.23. The van der Waals surface area contributed by atoms with Crippen LogP contribution in [0.2, 0.25) is 0 Å². The summed E-state index contributed by atoms with van der Waals surface area (Å²) in [6, 6.07) is -0.197. The van der Waals surface area contributed by atoms with Gasteiger partial charge in [0, 0.05) is 12.6 Å². The molecule has 134 valence electrons. The number of imide groups is 1. The molecule has 7 nitrogen and oxygen atoms in total. The first kappa shape index (κ1) is 17.2. The first-order valence-corrected chi connectivity index (χ1v) is 9.22. The van der Waals surface area contributed by atoms with E-state index in [0.717, 1.165) is 50.1 Å². The SMILES string of the molecule is CCCN(C(=O)CN1C(=O)NC2(CCCC2)C1=O)C1CCNCC1. The van der Waals surface area contributed by atoms with Gasteiger partial charge >= 0.3 is 6.03 Å². The van der Waals surface area contributed by atoms with Crippen LogP contribution in [0.15, 0.2) is 0 Å². The average molecular weight is 336 g/mol. The molecular weight excluding hydrogens is 308 g/mol. The van der Waals surface area contributed by atoms with E-state index in [4.69, 9.17) is 0 Å². The van der Waals surface area contributed by atoms with Crippen molar-refractivity contribution in [1.29, 1.82) is 0 Å². The van der Waals surface area contributed by atoms with Gasteiger partial charge in [-0.25, -0.2) is 4.79 Å². The molecule has 3 rings (SSSR count). The van der Waals surface area contributed by atoms with Crippen molar-refractivity contribution in [3.05, 3.63) is 0 Å². The van der Waals surface area contributed by atoms with Gasteiger partial charge in [0.2, 0.25) is 5.91 Å².